The molecule has 5 nitrogen and oxygen atoms in total. The first kappa shape index (κ1) is 15.5. The second kappa shape index (κ2) is 6.82. The quantitative estimate of drug-likeness (QED) is 0.766. The van der Waals surface area contributed by atoms with Crippen LogP contribution in [0.3, 0.4) is 0 Å². The predicted molar refractivity (Wildman–Crippen MR) is 86.1 cm³/mol. The molecular weight excluding hydrogens is 314 g/mol. The smallest absolute Gasteiger partial charge is 0.275 e. The van der Waals surface area contributed by atoms with E-state index in [1.807, 2.05) is 0 Å². The van der Waals surface area contributed by atoms with Crippen LogP contribution >= 0.6 is 0 Å². The van der Waals surface area contributed by atoms with Gasteiger partial charge in [-0.15, -0.1) is 0 Å². The topological polar surface area (TPSA) is 66.9 Å². The average molecular weight is 326 g/mol. The van der Waals surface area contributed by atoms with E-state index in [4.69, 9.17) is 0 Å². The van der Waals surface area contributed by atoms with Crippen LogP contribution in [0.1, 0.15) is 10.5 Å². The number of rotatable bonds is 4. The van der Waals surface area contributed by atoms with Gasteiger partial charge in [-0.05, 0) is 30.3 Å². The average Bonchev–Trinajstić information content (AvgIpc) is 2.57. The number of carbonyl (C=O) groups is 1. The number of benzene rings is 2. The number of anilines is 3. The molecule has 120 valence electrons. The summed E-state index contributed by atoms with van der Waals surface area (Å²) in [5.41, 5.74) is 0.623. The van der Waals surface area contributed by atoms with Crippen LogP contribution in [0.4, 0.5) is 26.0 Å². The zero-order valence-corrected chi connectivity index (χ0v) is 12.3. The van der Waals surface area contributed by atoms with E-state index in [0.717, 1.165) is 0 Å². The van der Waals surface area contributed by atoms with Gasteiger partial charge in [0.2, 0.25) is 0 Å². The first-order valence-electron chi connectivity index (χ1n) is 7.02. The van der Waals surface area contributed by atoms with E-state index in [1.165, 1.54) is 36.7 Å². The van der Waals surface area contributed by atoms with E-state index < -0.39 is 17.5 Å². The van der Waals surface area contributed by atoms with Gasteiger partial charge in [-0.3, -0.25) is 4.79 Å². The molecule has 0 unspecified atom stereocenters. The van der Waals surface area contributed by atoms with Crippen molar-refractivity contribution >= 4 is 23.1 Å². The Kier molecular flexibility index (Phi) is 4.42. The predicted octanol–water partition coefficient (Wildman–Crippen LogP) is 3.75. The van der Waals surface area contributed by atoms with E-state index in [-0.39, 0.29) is 11.4 Å². The molecule has 0 atom stereocenters. The normalized spacial score (nSPS) is 10.2. The third-order valence-electron chi connectivity index (χ3n) is 3.10. The summed E-state index contributed by atoms with van der Waals surface area (Å²) >= 11 is 0. The zero-order valence-electron chi connectivity index (χ0n) is 12.3. The minimum Gasteiger partial charge on any atom is -0.337 e. The van der Waals surface area contributed by atoms with Gasteiger partial charge in [0, 0.05) is 5.69 Å². The van der Waals surface area contributed by atoms with Crippen molar-refractivity contribution in [2.45, 2.75) is 0 Å². The summed E-state index contributed by atoms with van der Waals surface area (Å²) in [6.07, 6.45) is 2.56. The van der Waals surface area contributed by atoms with Crippen molar-refractivity contribution in [3.05, 3.63) is 78.3 Å². The Balaban J connectivity index is 1.70. The molecule has 0 aliphatic heterocycles. The lowest BCUT2D eigenvalue weighted by molar-refractivity contribution is 0.102. The molecule has 3 aromatic rings. The van der Waals surface area contributed by atoms with E-state index in [1.54, 1.807) is 24.3 Å². The van der Waals surface area contributed by atoms with Crippen LogP contribution in [0.2, 0.25) is 0 Å². The van der Waals surface area contributed by atoms with Crippen molar-refractivity contribution in [2.24, 2.45) is 0 Å². The standard InChI is InChI=1S/C17H12F2N4O/c18-11-4-3-5-12(8-11)22-17(24)15-9-21-16(10-20-15)23-14-7-2-1-6-13(14)19/h1-10H,(H,21,23)(H,22,24). The van der Waals surface area contributed by atoms with Gasteiger partial charge in [0.1, 0.15) is 23.1 Å². The second-order valence-electron chi connectivity index (χ2n) is 4.86. The van der Waals surface area contributed by atoms with Crippen molar-refractivity contribution in [3.63, 3.8) is 0 Å². The Hall–Kier alpha value is -3.35. The molecule has 2 aromatic carbocycles. The van der Waals surface area contributed by atoms with Crippen molar-refractivity contribution in [1.29, 1.82) is 0 Å². The lowest BCUT2D eigenvalue weighted by atomic mass is 10.3. The van der Waals surface area contributed by atoms with Crippen LogP contribution in [0.25, 0.3) is 0 Å². The monoisotopic (exact) mass is 326 g/mol. The lowest BCUT2D eigenvalue weighted by Gasteiger charge is -2.07. The highest BCUT2D eigenvalue weighted by Crippen LogP contribution is 2.17. The third-order valence-corrected chi connectivity index (χ3v) is 3.10. The summed E-state index contributed by atoms with van der Waals surface area (Å²) in [4.78, 5) is 20.0. The highest BCUT2D eigenvalue weighted by Gasteiger charge is 2.09. The van der Waals surface area contributed by atoms with Crippen LogP contribution in [0.5, 0.6) is 0 Å². The van der Waals surface area contributed by atoms with Crippen molar-refractivity contribution in [2.75, 3.05) is 10.6 Å². The summed E-state index contributed by atoms with van der Waals surface area (Å²) in [5.74, 6) is -1.11. The number of hydrogen-bond acceptors (Lipinski definition) is 4. The number of carbonyl (C=O) groups excluding carboxylic acids is 1. The summed E-state index contributed by atoms with van der Waals surface area (Å²) < 4.78 is 26.6. The number of para-hydroxylation sites is 1. The number of nitrogens with zero attached hydrogens (tertiary/aromatic N) is 2. The van der Waals surface area contributed by atoms with Crippen molar-refractivity contribution < 1.29 is 13.6 Å². The van der Waals surface area contributed by atoms with Gasteiger partial charge in [0.15, 0.2) is 0 Å². The van der Waals surface area contributed by atoms with Gasteiger partial charge in [0.05, 0.1) is 18.1 Å². The van der Waals surface area contributed by atoms with Gasteiger partial charge >= 0.3 is 0 Å². The maximum absolute atomic E-state index is 13.6. The van der Waals surface area contributed by atoms with Gasteiger partial charge in [0.25, 0.3) is 5.91 Å². The van der Waals surface area contributed by atoms with E-state index >= 15 is 0 Å². The number of nitrogens with one attached hydrogen (secondary N) is 2. The maximum atomic E-state index is 13.6. The first-order chi connectivity index (χ1) is 11.6. The molecule has 7 heteroatoms. The number of aromatic nitrogens is 2. The van der Waals surface area contributed by atoms with Gasteiger partial charge < -0.3 is 10.6 Å². The molecule has 0 bridgehead atoms. The van der Waals surface area contributed by atoms with Gasteiger partial charge in [-0.1, -0.05) is 18.2 Å². The Labute approximate surface area is 136 Å². The van der Waals surface area contributed by atoms with Crippen LogP contribution < -0.4 is 10.6 Å². The highest BCUT2D eigenvalue weighted by molar-refractivity contribution is 6.02. The number of amides is 1. The molecule has 1 heterocycles. The van der Waals surface area contributed by atoms with Gasteiger partial charge in [-0.2, -0.15) is 0 Å². The number of halogens is 2. The first-order valence-corrected chi connectivity index (χ1v) is 7.02. The molecule has 0 aliphatic rings. The molecule has 0 spiro atoms. The molecule has 2 N–H and O–H groups in total. The van der Waals surface area contributed by atoms with Crippen molar-refractivity contribution in [3.8, 4) is 0 Å². The number of hydrogen-bond donors (Lipinski definition) is 2. The fourth-order valence-electron chi connectivity index (χ4n) is 1.97. The largest absolute Gasteiger partial charge is 0.337 e. The summed E-state index contributed by atoms with van der Waals surface area (Å²) in [6, 6.07) is 11.6. The highest BCUT2D eigenvalue weighted by atomic mass is 19.1. The Bertz CT molecular complexity index is 868. The zero-order chi connectivity index (χ0) is 16.9. The minimum absolute atomic E-state index is 0.0540. The molecular formula is C17H12F2N4O. The lowest BCUT2D eigenvalue weighted by Crippen LogP contribution is -2.14. The third kappa shape index (κ3) is 3.70. The fraction of sp³-hybridized carbons (Fsp3) is 0. The van der Waals surface area contributed by atoms with Gasteiger partial charge in [-0.25, -0.2) is 18.7 Å². The fourth-order valence-corrected chi connectivity index (χ4v) is 1.97. The van der Waals surface area contributed by atoms with Crippen LogP contribution in [0.15, 0.2) is 60.9 Å². The molecule has 0 saturated carbocycles. The Morgan fingerprint density at radius 3 is 2.50 bits per heavy atom. The van der Waals surface area contributed by atoms with Crippen LogP contribution in [-0.2, 0) is 0 Å². The molecule has 24 heavy (non-hydrogen) atoms. The minimum atomic E-state index is -0.523. The summed E-state index contributed by atoms with van der Waals surface area (Å²) in [7, 11) is 0. The van der Waals surface area contributed by atoms with Crippen molar-refractivity contribution in [1.82, 2.24) is 9.97 Å². The molecule has 0 fully saturated rings. The molecule has 1 aromatic heterocycles. The maximum Gasteiger partial charge on any atom is 0.275 e. The summed E-state index contributed by atoms with van der Waals surface area (Å²) in [5, 5.41) is 5.28. The molecule has 0 saturated heterocycles. The van der Waals surface area contributed by atoms with E-state index in [9.17, 15) is 13.6 Å². The molecule has 0 radical (unpaired) electrons. The Morgan fingerprint density at radius 2 is 1.79 bits per heavy atom. The second-order valence-corrected chi connectivity index (χ2v) is 4.86. The van der Waals surface area contributed by atoms with E-state index in [0.29, 0.717) is 11.5 Å². The molecule has 0 aliphatic carbocycles. The molecule has 1 amide bonds. The van der Waals surface area contributed by atoms with Crippen LogP contribution in [0, 0.1) is 11.6 Å². The van der Waals surface area contributed by atoms with E-state index in [2.05, 4.69) is 20.6 Å². The Morgan fingerprint density at radius 1 is 0.958 bits per heavy atom. The van der Waals surface area contributed by atoms with Crippen LogP contribution in [-0.4, -0.2) is 15.9 Å². The molecule has 3 rings (SSSR count). The summed E-state index contributed by atoms with van der Waals surface area (Å²) in [6.45, 7) is 0. The SMILES string of the molecule is O=C(Nc1cccc(F)c1)c1cnc(Nc2ccccc2F)cn1.